The van der Waals surface area contributed by atoms with Crippen LogP contribution in [-0.4, -0.2) is 20.6 Å². The molecule has 2 heteroatoms. The zero-order chi connectivity index (χ0) is 11.4. The largest absolute Gasteiger partial charge is 0.378 e. The fourth-order valence-electron chi connectivity index (χ4n) is 3.63. The summed E-state index contributed by atoms with van der Waals surface area (Å²) in [6, 6.07) is 9.06. The van der Waals surface area contributed by atoms with E-state index in [1.807, 2.05) is 0 Å². The third-order valence-corrected chi connectivity index (χ3v) is 4.57. The summed E-state index contributed by atoms with van der Waals surface area (Å²) in [5, 5.41) is 0. The van der Waals surface area contributed by atoms with E-state index in [9.17, 15) is 0 Å². The summed E-state index contributed by atoms with van der Waals surface area (Å²) in [4.78, 5) is 2.15. The molecule has 0 radical (unpaired) electrons. The van der Waals surface area contributed by atoms with Crippen molar-refractivity contribution in [3.8, 4) is 0 Å². The van der Waals surface area contributed by atoms with Crippen molar-refractivity contribution < 1.29 is 0 Å². The molecule has 0 heterocycles. The van der Waals surface area contributed by atoms with Crippen molar-refractivity contribution in [3.05, 3.63) is 29.8 Å². The van der Waals surface area contributed by atoms with E-state index in [0.717, 1.165) is 6.54 Å². The molecule has 2 bridgehead atoms. The first-order valence-corrected chi connectivity index (χ1v) is 6.07. The Bertz CT molecular complexity index is 385. The van der Waals surface area contributed by atoms with E-state index in [4.69, 9.17) is 5.73 Å². The molecule has 3 saturated carbocycles. The molecule has 3 aliphatic rings. The predicted molar refractivity (Wildman–Crippen MR) is 67.8 cm³/mol. The highest BCUT2D eigenvalue weighted by Crippen LogP contribution is 2.73. The zero-order valence-electron chi connectivity index (χ0n) is 10.2. The Morgan fingerprint density at radius 3 is 2.12 bits per heavy atom. The molecule has 0 spiro atoms. The SMILES string of the molecule is CN(C)c1ccc(C23CC(CN)(C2)C3)cc1. The van der Waals surface area contributed by atoms with Crippen LogP contribution in [0.3, 0.4) is 0 Å². The van der Waals surface area contributed by atoms with Gasteiger partial charge < -0.3 is 10.6 Å². The topological polar surface area (TPSA) is 29.3 Å². The quantitative estimate of drug-likeness (QED) is 0.838. The zero-order valence-corrected chi connectivity index (χ0v) is 10.2. The molecular formula is C14H20N2. The van der Waals surface area contributed by atoms with Crippen molar-refractivity contribution in [2.45, 2.75) is 24.7 Å². The summed E-state index contributed by atoms with van der Waals surface area (Å²) < 4.78 is 0. The van der Waals surface area contributed by atoms with Gasteiger partial charge in [-0.1, -0.05) is 12.1 Å². The van der Waals surface area contributed by atoms with Gasteiger partial charge in [0.25, 0.3) is 0 Å². The lowest BCUT2D eigenvalue weighted by Gasteiger charge is -2.71. The molecule has 3 fully saturated rings. The lowest BCUT2D eigenvalue weighted by Crippen LogP contribution is -2.67. The van der Waals surface area contributed by atoms with Crippen LogP contribution in [0.1, 0.15) is 24.8 Å². The van der Waals surface area contributed by atoms with Gasteiger partial charge in [-0.05, 0) is 54.3 Å². The van der Waals surface area contributed by atoms with Gasteiger partial charge in [-0.25, -0.2) is 0 Å². The molecule has 0 amide bonds. The molecule has 16 heavy (non-hydrogen) atoms. The van der Waals surface area contributed by atoms with E-state index in [0.29, 0.717) is 10.8 Å². The van der Waals surface area contributed by atoms with Gasteiger partial charge in [0.2, 0.25) is 0 Å². The number of nitrogens with two attached hydrogens (primary N) is 1. The fraction of sp³-hybridized carbons (Fsp3) is 0.571. The Morgan fingerprint density at radius 2 is 1.69 bits per heavy atom. The van der Waals surface area contributed by atoms with E-state index < -0.39 is 0 Å². The summed E-state index contributed by atoms with van der Waals surface area (Å²) in [6.45, 7) is 0.879. The van der Waals surface area contributed by atoms with Gasteiger partial charge in [-0.15, -0.1) is 0 Å². The fourth-order valence-corrected chi connectivity index (χ4v) is 3.63. The summed E-state index contributed by atoms with van der Waals surface area (Å²) in [6.07, 6.45) is 3.95. The van der Waals surface area contributed by atoms with Gasteiger partial charge in [0.1, 0.15) is 0 Å². The number of rotatable bonds is 3. The van der Waals surface area contributed by atoms with Gasteiger partial charge in [0, 0.05) is 19.8 Å². The van der Waals surface area contributed by atoms with Crippen LogP contribution in [0.15, 0.2) is 24.3 Å². The summed E-state index contributed by atoms with van der Waals surface area (Å²) in [5.74, 6) is 0. The van der Waals surface area contributed by atoms with E-state index in [2.05, 4.69) is 43.3 Å². The highest BCUT2D eigenvalue weighted by Gasteiger charge is 2.67. The Hall–Kier alpha value is -1.02. The van der Waals surface area contributed by atoms with Crippen molar-refractivity contribution in [2.24, 2.45) is 11.1 Å². The maximum atomic E-state index is 5.80. The third-order valence-electron chi connectivity index (χ3n) is 4.57. The number of hydrogen-bond acceptors (Lipinski definition) is 2. The molecule has 1 aromatic rings. The molecule has 0 atom stereocenters. The third kappa shape index (κ3) is 1.17. The lowest BCUT2D eigenvalue weighted by atomic mass is 9.33. The van der Waals surface area contributed by atoms with Crippen LogP contribution in [-0.2, 0) is 5.41 Å². The second-order valence-corrected chi connectivity index (χ2v) is 5.96. The minimum atomic E-state index is 0.504. The van der Waals surface area contributed by atoms with Crippen molar-refractivity contribution in [3.63, 3.8) is 0 Å². The second-order valence-electron chi connectivity index (χ2n) is 5.96. The van der Waals surface area contributed by atoms with E-state index in [1.165, 1.54) is 30.5 Å². The number of benzene rings is 1. The van der Waals surface area contributed by atoms with Crippen LogP contribution in [0.5, 0.6) is 0 Å². The maximum absolute atomic E-state index is 5.80. The molecule has 4 rings (SSSR count). The van der Waals surface area contributed by atoms with Crippen molar-refractivity contribution >= 4 is 5.69 Å². The van der Waals surface area contributed by atoms with Gasteiger partial charge in [0.15, 0.2) is 0 Å². The van der Waals surface area contributed by atoms with Gasteiger partial charge in [0.05, 0.1) is 0 Å². The van der Waals surface area contributed by atoms with Gasteiger partial charge >= 0.3 is 0 Å². The Balaban J connectivity index is 1.78. The summed E-state index contributed by atoms with van der Waals surface area (Å²) >= 11 is 0. The molecule has 0 unspecified atom stereocenters. The Morgan fingerprint density at radius 1 is 1.12 bits per heavy atom. The lowest BCUT2D eigenvalue weighted by molar-refractivity contribution is -0.132. The summed E-state index contributed by atoms with van der Waals surface area (Å²) in [5.41, 5.74) is 9.64. The average molecular weight is 216 g/mol. The van der Waals surface area contributed by atoms with Gasteiger partial charge in [-0.3, -0.25) is 0 Å². The minimum Gasteiger partial charge on any atom is -0.378 e. The molecule has 0 aliphatic heterocycles. The van der Waals surface area contributed by atoms with Crippen LogP contribution < -0.4 is 10.6 Å². The summed E-state index contributed by atoms with van der Waals surface area (Å²) in [7, 11) is 4.17. The second kappa shape index (κ2) is 3.01. The van der Waals surface area contributed by atoms with E-state index >= 15 is 0 Å². The number of anilines is 1. The highest BCUT2D eigenvalue weighted by atomic mass is 15.1. The average Bonchev–Trinajstić information content (AvgIpc) is 2.15. The smallest absolute Gasteiger partial charge is 0.0361 e. The van der Waals surface area contributed by atoms with Crippen molar-refractivity contribution in [1.29, 1.82) is 0 Å². The molecule has 2 nitrogen and oxygen atoms in total. The molecule has 0 saturated heterocycles. The van der Waals surface area contributed by atoms with Crippen LogP contribution in [0.4, 0.5) is 5.69 Å². The van der Waals surface area contributed by atoms with Crippen molar-refractivity contribution in [2.75, 3.05) is 25.5 Å². The van der Waals surface area contributed by atoms with Crippen LogP contribution in [0, 0.1) is 5.41 Å². The highest BCUT2D eigenvalue weighted by molar-refractivity contribution is 5.49. The molecule has 3 aliphatic carbocycles. The monoisotopic (exact) mass is 216 g/mol. The predicted octanol–water partition coefficient (Wildman–Crippen LogP) is 2.13. The molecular weight excluding hydrogens is 196 g/mol. The molecule has 0 aromatic heterocycles. The first-order valence-electron chi connectivity index (χ1n) is 6.07. The minimum absolute atomic E-state index is 0.504. The maximum Gasteiger partial charge on any atom is 0.0361 e. The first-order chi connectivity index (χ1) is 7.59. The van der Waals surface area contributed by atoms with Gasteiger partial charge in [-0.2, -0.15) is 0 Å². The number of hydrogen-bond donors (Lipinski definition) is 1. The Labute approximate surface area is 97.4 Å². The van der Waals surface area contributed by atoms with E-state index in [-0.39, 0.29) is 0 Å². The van der Waals surface area contributed by atoms with E-state index in [1.54, 1.807) is 0 Å². The molecule has 1 aromatic carbocycles. The normalized spacial score (nSPS) is 35.2. The number of nitrogens with zero attached hydrogens (tertiary/aromatic N) is 1. The van der Waals surface area contributed by atoms with Crippen LogP contribution in [0.2, 0.25) is 0 Å². The Kier molecular flexibility index (Phi) is 1.91. The molecule has 2 N–H and O–H groups in total. The molecule has 86 valence electrons. The van der Waals surface area contributed by atoms with Crippen molar-refractivity contribution in [1.82, 2.24) is 0 Å². The standard InChI is InChI=1S/C14H20N2/c1-16(2)12-5-3-11(4-6-12)14-7-13(8-14,9-14)10-15/h3-6H,7-10,15H2,1-2H3. The van der Waals surface area contributed by atoms with Crippen LogP contribution in [0.25, 0.3) is 0 Å². The first kappa shape index (κ1) is 10.2. The van der Waals surface area contributed by atoms with Crippen LogP contribution >= 0.6 is 0 Å².